The third-order valence-electron chi connectivity index (χ3n) is 4.87. The molecule has 0 spiro atoms. The number of fused-ring (bicyclic) bond motifs is 2. The molecule has 0 N–H and O–H groups in total. The number of rotatable bonds is 4. The van der Waals surface area contributed by atoms with Crippen molar-refractivity contribution in [3.8, 4) is 0 Å². The molecule has 30 heavy (non-hydrogen) atoms. The average Bonchev–Trinajstić information content (AvgIpc) is 3.02. The molecule has 0 radical (unpaired) electrons. The van der Waals surface area contributed by atoms with Gasteiger partial charge >= 0.3 is 0 Å². The zero-order chi connectivity index (χ0) is 21.8. The molecule has 0 bridgehead atoms. The maximum absolute atomic E-state index is 12.7. The van der Waals surface area contributed by atoms with Gasteiger partial charge in [0.2, 0.25) is 5.91 Å². The number of carbonyl (C=O) groups excluding carboxylic acids is 3. The van der Waals surface area contributed by atoms with Crippen LogP contribution in [0.25, 0.3) is 0 Å². The largest absolute Gasteiger partial charge is 0.305 e. The molecule has 0 unspecified atom stereocenters. The fourth-order valence-electron chi connectivity index (χ4n) is 3.30. The Morgan fingerprint density at radius 2 is 1.13 bits per heavy atom. The fraction of sp³-hybridized carbons (Fsp3) is 0.167. The van der Waals surface area contributed by atoms with E-state index in [9.17, 15) is 31.2 Å². The van der Waals surface area contributed by atoms with E-state index in [0.29, 0.717) is 8.61 Å². The molecule has 3 amide bonds. The fourth-order valence-corrected chi connectivity index (χ4v) is 6.35. The van der Waals surface area contributed by atoms with Crippen LogP contribution in [-0.4, -0.2) is 61.4 Å². The van der Waals surface area contributed by atoms with Gasteiger partial charge in [-0.3, -0.25) is 14.4 Å². The average molecular weight is 449 g/mol. The van der Waals surface area contributed by atoms with Gasteiger partial charge < -0.3 is 4.90 Å². The summed E-state index contributed by atoms with van der Waals surface area (Å²) in [7, 11) is -8.43. The summed E-state index contributed by atoms with van der Waals surface area (Å²) in [4.78, 5) is 37.7. The maximum atomic E-state index is 12.7. The van der Waals surface area contributed by atoms with E-state index in [0.717, 1.165) is 11.8 Å². The molecule has 2 aromatic rings. The highest BCUT2D eigenvalue weighted by Gasteiger charge is 2.45. The smallest absolute Gasteiger partial charge is 0.270 e. The summed E-state index contributed by atoms with van der Waals surface area (Å²) in [5.74, 6) is -2.39. The lowest BCUT2D eigenvalue weighted by atomic mass is 10.2. The first-order chi connectivity index (χ1) is 14.1. The Bertz CT molecular complexity index is 1220. The minimum absolute atomic E-state index is 0.0433. The molecule has 0 aromatic heterocycles. The Labute approximate surface area is 172 Å². The van der Waals surface area contributed by atoms with Crippen LogP contribution in [0, 0.1) is 0 Å². The van der Waals surface area contributed by atoms with Gasteiger partial charge in [0.05, 0.1) is 11.1 Å². The lowest BCUT2D eigenvalue weighted by molar-refractivity contribution is -0.130. The second-order valence-electron chi connectivity index (χ2n) is 6.65. The van der Waals surface area contributed by atoms with E-state index in [1.54, 1.807) is 0 Å². The van der Waals surface area contributed by atoms with Crippen LogP contribution >= 0.6 is 0 Å². The number of sulfonamides is 2. The van der Waals surface area contributed by atoms with Crippen molar-refractivity contribution in [3.05, 3.63) is 59.7 Å². The van der Waals surface area contributed by atoms with Gasteiger partial charge in [0.1, 0.15) is 23.1 Å². The van der Waals surface area contributed by atoms with Gasteiger partial charge in [-0.05, 0) is 24.3 Å². The maximum Gasteiger partial charge on any atom is 0.270 e. The third kappa shape index (κ3) is 2.79. The Kier molecular flexibility index (Phi) is 4.43. The van der Waals surface area contributed by atoms with Crippen LogP contribution in [0.2, 0.25) is 0 Å². The molecule has 0 aliphatic carbocycles. The second-order valence-corrected chi connectivity index (χ2v) is 10.3. The SMILES string of the molecule is CC(=O)N(CN1C(=O)c2ccccc2S1(=O)=O)CN1C(=O)c2ccccc2S1(=O)=O. The Morgan fingerprint density at radius 1 is 0.767 bits per heavy atom. The highest BCUT2D eigenvalue weighted by molar-refractivity contribution is 7.90. The summed E-state index contributed by atoms with van der Waals surface area (Å²) in [6, 6.07) is 11.2. The minimum Gasteiger partial charge on any atom is -0.305 e. The van der Waals surface area contributed by atoms with Crippen molar-refractivity contribution in [2.24, 2.45) is 0 Å². The number of amides is 3. The molecule has 2 aliphatic rings. The van der Waals surface area contributed by atoms with Gasteiger partial charge in [-0.15, -0.1) is 0 Å². The van der Waals surface area contributed by atoms with E-state index in [2.05, 4.69) is 0 Å². The summed E-state index contributed by atoms with van der Waals surface area (Å²) in [5.41, 5.74) is -0.0865. The molecular formula is C18H15N3O7S2. The molecule has 4 rings (SSSR count). The molecule has 2 heterocycles. The van der Waals surface area contributed by atoms with Gasteiger partial charge in [-0.2, -0.15) is 0 Å². The number of hydrogen-bond acceptors (Lipinski definition) is 7. The molecular weight excluding hydrogens is 434 g/mol. The van der Waals surface area contributed by atoms with Crippen molar-refractivity contribution in [1.82, 2.24) is 13.5 Å². The van der Waals surface area contributed by atoms with E-state index >= 15 is 0 Å². The van der Waals surface area contributed by atoms with Crippen molar-refractivity contribution in [2.45, 2.75) is 16.7 Å². The topological polar surface area (TPSA) is 129 Å². The van der Waals surface area contributed by atoms with Crippen LogP contribution in [-0.2, 0) is 24.8 Å². The van der Waals surface area contributed by atoms with Crippen molar-refractivity contribution in [1.29, 1.82) is 0 Å². The first-order valence-corrected chi connectivity index (χ1v) is 11.5. The number of carbonyl (C=O) groups is 3. The number of hydrogen-bond donors (Lipinski definition) is 0. The first kappa shape index (κ1) is 20.0. The molecule has 0 saturated heterocycles. The van der Waals surface area contributed by atoms with Gasteiger partial charge in [0, 0.05) is 6.92 Å². The Hall–Kier alpha value is -3.25. The molecule has 0 saturated carbocycles. The zero-order valence-electron chi connectivity index (χ0n) is 15.5. The van der Waals surface area contributed by atoms with Crippen molar-refractivity contribution in [3.63, 3.8) is 0 Å². The number of nitrogens with zero attached hydrogens (tertiary/aromatic N) is 3. The standard InChI is InChI=1S/C18H15N3O7S2/c1-12(22)19(10-20-17(23)13-6-2-4-8-15(13)29(20,25)26)11-21-18(24)14-7-3-5-9-16(14)30(21,27)28/h2-9H,10-11H2,1H3. The summed E-state index contributed by atoms with van der Waals surface area (Å²) >= 11 is 0. The van der Waals surface area contributed by atoms with Crippen LogP contribution in [0.15, 0.2) is 58.3 Å². The Balaban J connectivity index is 1.66. The highest BCUT2D eigenvalue weighted by Crippen LogP contribution is 2.32. The molecule has 0 fully saturated rings. The van der Waals surface area contributed by atoms with E-state index < -0.39 is 51.1 Å². The Morgan fingerprint density at radius 3 is 1.47 bits per heavy atom. The van der Waals surface area contributed by atoms with E-state index in [4.69, 9.17) is 0 Å². The van der Waals surface area contributed by atoms with Crippen molar-refractivity contribution < 1.29 is 31.2 Å². The van der Waals surface area contributed by atoms with Gasteiger partial charge in [-0.1, -0.05) is 24.3 Å². The summed E-state index contributed by atoms with van der Waals surface area (Å²) in [6.07, 6.45) is 0. The van der Waals surface area contributed by atoms with E-state index in [-0.39, 0.29) is 20.9 Å². The molecule has 0 atom stereocenters. The second kappa shape index (κ2) is 6.64. The van der Waals surface area contributed by atoms with E-state index in [1.165, 1.54) is 48.5 Å². The van der Waals surface area contributed by atoms with Crippen LogP contribution in [0.4, 0.5) is 0 Å². The monoisotopic (exact) mass is 449 g/mol. The van der Waals surface area contributed by atoms with E-state index in [1.807, 2.05) is 0 Å². The highest BCUT2D eigenvalue weighted by atomic mass is 32.2. The van der Waals surface area contributed by atoms with Crippen LogP contribution in [0.3, 0.4) is 0 Å². The predicted octanol–water partition coefficient (Wildman–Crippen LogP) is 0.439. The molecule has 10 nitrogen and oxygen atoms in total. The quantitative estimate of drug-likeness (QED) is 0.662. The van der Waals surface area contributed by atoms with Crippen LogP contribution in [0.5, 0.6) is 0 Å². The molecule has 12 heteroatoms. The molecule has 2 aromatic carbocycles. The van der Waals surface area contributed by atoms with Gasteiger partial charge in [-0.25, -0.2) is 25.4 Å². The lowest BCUT2D eigenvalue weighted by Crippen LogP contribution is -2.49. The summed E-state index contributed by atoms with van der Waals surface area (Å²) < 4.78 is 51.9. The zero-order valence-corrected chi connectivity index (χ0v) is 17.2. The molecule has 2 aliphatic heterocycles. The third-order valence-corrected chi connectivity index (χ3v) is 8.41. The van der Waals surface area contributed by atoms with Gasteiger partial charge in [0.15, 0.2) is 0 Å². The van der Waals surface area contributed by atoms with Crippen LogP contribution in [0.1, 0.15) is 27.6 Å². The summed E-state index contributed by atoms with van der Waals surface area (Å²) in [5, 5.41) is 0. The van der Waals surface area contributed by atoms with Crippen molar-refractivity contribution in [2.75, 3.05) is 13.3 Å². The molecule has 156 valence electrons. The number of benzene rings is 2. The minimum atomic E-state index is -4.22. The van der Waals surface area contributed by atoms with Gasteiger partial charge in [0.25, 0.3) is 31.9 Å². The predicted molar refractivity (Wildman–Crippen MR) is 102 cm³/mol. The van der Waals surface area contributed by atoms with Crippen LogP contribution < -0.4 is 0 Å². The van der Waals surface area contributed by atoms with Crippen molar-refractivity contribution >= 4 is 37.8 Å². The lowest BCUT2D eigenvalue weighted by Gasteiger charge is -2.29. The normalized spacial score (nSPS) is 18.3. The first-order valence-electron chi connectivity index (χ1n) is 8.64. The summed E-state index contributed by atoms with van der Waals surface area (Å²) in [6.45, 7) is -0.387.